The first-order chi connectivity index (χ1) is 7.52. The summed E-state index contributed by atoms with van der Waals surface area (Å²) < 4.78 is 0. The maximum absolute atomic E-state index is 9.69. The van der Waals surface area contributed by atoms with Crippen molar-refractivity contribution in [3.63, 3.8) is 0 Å². The first-order valence-electron chi connectivity index (χ1n) is 5.74. The Kier molecular flexibility index (Phi) is 2.58. The van der Waals surface area contributed by atoms with E-state index in [1.165, 1.54) is 6.42 Å². The van der Waals surface area contributed by atoms with Gasteiger partial charge < -0.3 is 15.9 Å². The summed E-state index contributed by atoms with van der Waals surface area (Å²) in [6.45, 7) is 4.42. The largest absolute Gasteiger partial charge is 0.504 e. The SMILES string of the molecule is Cc1c(C2(CN)CCC2)cc(O)c(O)c1C. The second kappa shape index (κ2) is 3.67. The van der Waals surface area contributed by atoms with Gasteiger partial charge in [0.15, 0.2) is 11.5 Å². The zero-order chi connectivity index (χ0) is 11.9. The molecule has 1 saturated carbocycles. The summed E-state index contributed by atoms with van der Waals surface area (Å²) in [6.07, 6.45) is 3.35. The van der Waals surface area contributed by atoms with Gasteiger partial charge in [-0.15, -0.1) is 0 Å². The maximum atomic E-state index is 9.69. The van der Waals surface area contributed by atoms with Crippen LogP contribution in [0.3, 0.4) is 0 Å². The number of phenolic OH excluding ortho intramolecular Hbond substituents is 2. The van der Waals surface area contributed by atoms with Crippen LogP contribution in [0.1, 0.15) is 36.0 Å². The van der Waals surface area contributed by atoms with E-state index < -0.39 is 0 Å². The van der Waals surface area contributed by atoms with Crippen molar-refractivity contribution in [2.24, 2.45) is 5.73 Å². The van der Waals surface area contributed by atoms with E-state index >= 15 is 0 Å². The van der Waals surface area contributed by atoms with Crippen molar-refractivity contribution in [1.82, 2.24) is 0 Å². The van der Waals surface area contributed by atoms with Gasteiger partial charge in [-0.25, -0.2) is 0 Å². The number of benzene rings is 1. The van der Waals surface area contributed by atoms with Crippen LogP contribution in [0.5, 0.6) is 11.5 Å². The molecule has 0 aliphatic heterocycles. The summed E-state index contributed by atoms with van der Waals surface area (Å²) in [5, 5.41) is 19.4. The monoisotopic (exact) mass is 221 g/mol. The Morgan fingerprint density at radius 3 is 2.31 bits per heavy atom. The molecule has 0 saturated heterocycles. The minimum atomic E-state index is -0.0298. The molecule has 0 radical (unpaired) electrons. The molecule has 0 bridgehead atoms. The molecule has 0 unspecified atom stereocenters. The molecule has 0 heterocycles. The molecule has 1 aromatic rings. The first-order valence-corrected chi connectivity index (χ1v) is 5.74. The topological polar surface area (TPSA) is 66.5 Å². The van der Waals surface area contributed by atoms with Crippen LogP contribution in [0.25, 0.3) is 0 Å². The van der Waals surface area contributed by atoms with Crippen molar-refractivity contribution in [2.45, 2.75) is 38.5 Å². The van der Waals surface area contributed by atoms with Crippen LogP contribution in [0.15, 0.2) is 6.07 Å². The summed E-state index contributed by atoms with van der Waals surface area (Å²) in [7, 11) is 0. The van der Waals surface area contributed by atoms with Crippen molar-refractivity contribution >= 4 is 0 Å². The minimum Gasteiger partial charge on any atom is -0.504 e. The molecule has 88 valence electrons. The highest BCUT2D eigenvalue weighted by Gasteiger charge is 2.39. The Labute approximate surface area is 95.9 Å². The van der Waals surface area contributed by atoms with Gasteiger partial charge in [0.1, 0.15) is 0 Å². The summed E-state index contributed by atoms with van der Waals surface area (Å²) in [5.74, 6) is -0.0365. The third kappa shape index (κ3) is 1.39. The molecule has 0 amide bonds. The van der Waals surface area contributed by atoms with E-state index in [-0.39, 0.29) is 16.9 Å². The lowest BCUT2D eigenvalue weighted by atomic mass is 9.63. The molecule has 1 aliphatic rings. The van der Waals surface area contributed by atoms with Gasteiger partial charge in [-0.2, -0.15) is 0 Å². The third-order valence-electron chi connectivity index (χ3n) is 4.12. The Balaban J connectivity index is 2.57. The number of rotatable bonds is 2. The van der Waals surface area contributed by atoms with E-state index in [2.05, 4.69) is 0 Å². The van der Waals surface area contributed by atoms with Crippen LogP contribution < -0.4 is 5.73 Å². The van der Waals surface area contributed by atoms with Crippen LogP contribution in [-0.4, -0.2) is 16.8 Å². The lowest BCUT2D eigenvalue weighted by Gasteiger charge is -2.42. The van der Waals surface area contributed by atoms with Gasteiger partial charge in [0.05, 0.1) is 0 Å². The fraction of sp³-hybridized carbons (Fsp3) is 0.538. The van der Waals surface area contributed by atoms with E-state index in [1.807, 2.05) is 13.8 Å². The number of hydrogen-bond acceptors (Lipinski definition) is 3. The molecule has 0 aromatic heterocycles. The summed E-state index contributed by atoms with van der Waals surface area (Å²) in [5.41, 5.74) is 8.81. The molecule has 1 fully saturated rings. The van der Waals surface area contributed by atoms with Crippen LogP contribution in [0.2, 0.25) is 0 Å². The minimum absolute atomic E-state index is 0.00672. The van der Waals surface area contributed by atoms with Crippen molar-refractivity contribution in [3.8, 4) is 11.5 Å². The fourth-order valence-electron chi connectivity index (χ4n) is 2.62. The highest BCUT2D eigenvalue weighted by Crippen LogP contribution is 2.47. The van der Waals surface area contributed by atoms with Crippen LogP contribution in [-0.2, 0) is 5.41 Å². The predicted octanol–water partition coefficient (Wildman–Crippen LogP) is 2.10. The Morgan fingerprint density at radius 2 is 1.88 bits per heavy atom. The third-order valence-corrected chi connectivity index (χ3v) is 4.12. The highest BCUT2D eigenvalue weighted by molar-refractivity contribution is 5.54. The zero-order valence-electron chi connectivity index (χ0n) is 9.88. The molecule has 2 rings (SSSR count). The van der Waals surface area contributed by atoms with Crippen molar-refractivity contribution in [1.29, 1.82) is 0 Å². The molecule has 16 heavy (non-hydrogen) atoms. The molecule has 1 aliphatic carbocycles. The van der Waals surface area contributed by atoms with E-state index in [1.54, 1.807) is 6.07 Å². The zero-order valence-corrected chi connectivity index (χ0v) is 9.88. The molecular weight excluding hydrogens is 202 g/mol. The lowest BCUT2D eigenvalue weighted by molar-refractivity contribution is 0.250. The van der Waals surface area contributed by atoms with Crippen molar-refractivity contribution < 1.29 is 10.2 Å². The van der Waals surface area contributed by atoms with Crippen LogP contribution in [0, 0.1) is 13.8 Å². The standard InChI is InChI=1S/C13H19NO2/c1-8-9(2)12(16)11(15)6-10(8)13(7-14)4-3-5-13/h6,15-16H,3-5,7,14H2,1-2H3. The van der Waals surface area contributed by atoms with E-state index in [0.29, 0.717) is 6.54 Å². The van der Waals surface area contributed by atoms with E-state index in [9.17, 15) is 10.2 Å². The first kappa shape index (κ1) is 11.3. The molecule has 3 heteroatoms. The van der Waals surface area contributed by atoms with E-state index in [4.69, 9.17) is 5.73 Å². The van der Waals surface area contributed by atoms with Crippen molar-refractivity contribution in [3.05, 3.63) is 22.8 Å². The van der Waals surface area contributed by atoms with Crippen LogP contribution >= 0.6 is 0 Å². The van der Waals surface area contributed by atoms with Gasteiger partial charge in [-0.05, 0) is 49.4 Å². The van der Waals surface area contributed by atoms with E-state index in [0.717, 1.165) is 29.5 Å². The Bertz CT molecular complexity index is 417. The lowest BCUT2D eigenvalue weighted by Crippen LogP contribution is -2.42. The fourth-order valence-corrected chi connectivity index (χ4v) is 2.62. The maximum Gasteiger partial charge on any atom is 0.160 e. The van der Waals surface area contributed by atoms with Gasteiger partial charge >= 0.3 is 0 Å². The van der Waals surface area contributed by atoms with Crippen molar-refractivity contribution in [2.75, 3.05) is 6.54 Å². The van der Waals surface area contributed by atoms with Gasteiger partial charge in [-0.1, -0.05) is 6.42 Å². The average molecular weight is 221 g/mol. The normalized spacial score (nSPS) is 18.2. The highest BCUT2D eigenvalue weighted by atomic mass is 16.3. The summed E-state index contributed by atoms with van der Waals surface area (Å²) in [6, 6.07) is 1.68. The Morgan fingerprint density at radius 1 is 1.25 bits per heavy atom. The number of aromatic hydroxyl groups is 2. The molecular formula is C13H19NO2. The van der Waals surface area contributed by atoms with Gasteiger partial charge in [0.25, 0.3) is 0 Å². The second-order valence-electron chi connectivity index (χ2n) is 4.88. The average Bonchev–Trinajstić information content (AvgIpc) is 2.21. The number of hydrogen-bond donors (Lipinski definition) is 3. The molecule has 4 N–H and O–H groups in total. The van der Waals surface area contributed by atoms with Gasteiger partial charge in [0, 0.05) is 12.0 Å². The quantitative estimate of drug-likeness (QED) is 0.670. The second-order valence-corrected chi connectivity index (χ2v) is 4.88. The van der Waals surface area contributed by atoms with Gasteiger partial charge in [0.2, 0.25) is 0 Å². The van der Waals surface area contributed by atoms with Gasteiger partial charge in [-0.3, -0.25) is 0 Å². The smallest absolute Gasteiger partial charge is 0.160 e. The summed E-state index contributed by atoms with van der Waals surface area (Å²) >= 11 is 0. The molecule has 1 aromatic carbocycles. The molecule has 0 spiro atoms. The Hall–Kier alpha value is -1.22. The van der Waals surface area contributed by atoms with Crippen LogP contribution in [0.4, 0.5) is 0 Å². The predicted molar refractivity (Wildman–Crippen MR) is 63.8 cm³/mol. The molecule has 3 nitrogen and oxygen atoms in total. The summed E-state index contributed by atoms with van der Waals surface area (Å²) in [4.78, 5) is 0. The molecule has 0 atom stereocenters. The number of nitrogens with two attached hydrogens (primary N) is 1. The number of phenols is 2.